The number of rotatable bonds is 0. The number of fused-ring (bicyclic) bond motifs is 1. The number of benzene rings is 1. The third kappa shape index (κ3) is 1.20. The van der Waals surface area contributed by atoms with Crippen LogP contribution in [0.15, 0.2) is 12.1 Å². The van der Waals surface area contributed by atoms with Crippen LogP contribution >= 0.6 is 0 Å². The summed E-state index contributed by atoms with van der Waals surface area (Å²) < 4.78 is 13.6. The van der Waals surface area contributed by atoms with Gasteiger partial charge in [0.15, 0.2) is 0 Å². The van der Waals surface area contributed by atoms with Crippen molar-refractivity contribution in [3.63, 3.8) is 0 Å². The van der Waals surface area contributed by atoms with Crippen molar-refractivity contribution in [1.29, 1.82) is 0 Å². The topological polar surface area (TPSA) is 20.3 Å². The standard InChI is InChI=1S/C11H12FNO/c1-7-3-5-9-8(11(7)12)4-6-10(14)13(9)2/h3,5H,4,6H2,1-2H3. The maximum absolute atomic E-state index is 13.6. The summed E-state index contributed by atoms with van der Waals surface area (Å²) in [4.78, 5) is 12.9. The van der Waals surface area contributed by atoms with Crippen molar-refractivity contribution < 1.29 is 9.18 Å². The molecule has 0 atom stereocenters. The van der Waals surface area contributed by atoms with Crippen LogP contribution in [0.1, 0.15) is 17.5 Å². The highest BCUT2D eigenvalue weighted by molar-refractivity contribution is 5.95. The SMILES string of the molecule is Cc1ccc2c(c1F)CCC(=O)N2C. The zero-order chi connectivity index (χ0) is 10.3. The number of hydrogen-bond donors (Lipinski definition) is 0. The Morgan fingerprint density at radius 2 is 2.07 bits per heavy atom. The van der Waals surface area contributed by atoms with Crippen LogP contribution < -0.4 is 4.90 Å². The minimum atomic E-state index is -0.165. The Kier molecular flexibility index (Phi) is 2.02. The summed E-state index contributed by atoms with van der Waals surface area (Å²) in [7, 11) is 1.69. The maximum Gasteiger partial charge on any atom is 0.227 e. The molecule has 1 aliphatic heterocycles. The molecule has 0 saturated carbocycles. The van der Waals surface area contributed by atoms with E-state index in [-0.39, 0.29) is 11.7 Å². The van der Waals surface area contributed by atoms with E-state index in [1.165, 1.54) is 4.90 Å². The number of hydrogen-bond acceptors (Lipinski definition) is 1. The number of carbonyl (C=O) groups excluding carboxylic acids is 1. The second-order valence-electron chi connectivity index (χ2n) is 3.65. The summed E-state index contributed by atoms with van der Waals surface area (Å²) >= 11 is 0. The molecule has 0 aromatic heterocycles. The molecule has 2 nitrogen and oxygen atoms in total. The maximum atomic E-state index is 13.6. The summed E-state index contributed by atoms with van der Waals surface area (Å²) in [6.45, 7) is 1.74. The number of amides is 1. The molecule has 0 bridgehead atoms. The molecule has 1 aromatic carbocycles. The fraction of sp³-hybridized carbons (Fsp3) is 0.364. The first-order valence-electron chi connectivity index (χ1n) is 4.66. The lowest BCUT2D eigenvalue weighted by Gasteiger charge is -2.26. The minimum absolute atomic E-state index is 0.0563. The lowest BCUT2D eigenvalue weighted by atomic mass is 9.99. The van der Waals surface area contributed by atoms with Crippen molar-refractivity contribution in [2.45, 2.75) is 19.8 Å². The van der Waals surface area contributed by atoms with Gasteiger partial charge in [-0.2, -0.15) is 0 Å². The lowest BCUT2D eigenvalue weighted by molar-refractivity contribution is -0.118. The molecule has 1 heterocycles. The van der Waals surface area contributed by atoms with E-state index in [4.69, 9.17) is 0 Å². The second-order valence-corrected chi connectivity index (χ2v) is 3.65. The summed E-state index contributed by atoms with van der Waals surface area (Å²) in [6.07, 6.45) is 0.926. The average molecular weight is 193 g/mol. The van der Waals surface area contributed by atoms with Gasteiger partial charge in [0, 0.05) is 24.7 Å². The summed E-state index contributed by atoms with van der Waals surface area (Å²) in [5.74, 6) is -0.109. The van der Waals surface area contributed by atoms with Gasteiger partial charge in [-0.25, -0.2) is 4.39 Å². The average Bonchev–Trinajstić information content (AvgIpc) is 2.17. The van der Waals surface area contributed by atoms with E-state index in [9.17, 15) is 9.18 Å². The van der Waals surface area contributed by atoms with Gasteiger partial charge in [-0.1, -0.05) is 6.07 Å². The van der Waals surface area contributed by atoms with E-state index >= 15 is 0 Å². The summed E-state index contributed by atoms with van der Waals surface area (Å²) in [5.41, 5.74) is 2.03. The second kappa shape index (κ2) is 3.08. The molecule has 3 heteroatoms. The third-order valence-corrected chi connectivity index (χ3v) is 2.74. The Labute approximate surface area is 82.3 Å². The van der Waals surface area contributed by atoms with Crippen LogP contribution in [-0.4, -0.2) is 13.0 Å². The molecular formula is C11H12FNO. The van der Waals surface area contributed by atoms with Gasteiger partial charge in [-0.15, -0.1) is 0 Å². The van der Waals surface area contributed by atoms with E-state index < -0.39 is 0 Å². The highest BCUT2D eigenvalue weighted by Crippen LogP contribution is 2.30. The van der Waals surface area contributed by atoms with Gasteiger partial charge < -0.3 is 4.90 Å². The predicted molar refractivity (Wildman–Crippen MR) is 52.9 cm³/mol. The number of aryl methyl sites for hydroxylation is 1. The molecule has 0 spiro atoms. The number of nitrogens with zero attached hydrogens (tertiary/aromatic N) is 1. The smallest absolute Gasteiger partial charge is 0.227 e. The molecule has 0 unspecified atom stereocenters. The predicted octanol–water partition coefficient (Wildman–Crippen LogP) is 2.04. The van der Waals surface area contributed by atoms with Gasteiger partial charge in [0.1, 0.15) is 5.82 Å². The Morgan fingerprint density at radius 1 is 1.36 bits per heavy atom. The minimum Gasteiger partial charge on any atom is -0.315 e. The van der Waals surface area contributed by atoms with Gasteiger partial charge in [0.05, 0.1) is 0 Å². The van der Waals surface area contributed by atoms with E-state index in [1.807, 2.05) is 6.07 Å². The van der Waals surface area contributed by atoms with E-state index in [0.717, 1.165) is 0 Å². The Morgan fingerprint density at radius 3 is 2.79 bits per heavy atom. The van der Waals surface area contributed by atoms with Crippen molar-refractivity contribution >= 4 is 11.6 Å². The Balaban J connectivity index is 2.59. The molecule has 0 N–H and O–H groups in total. The highest BCUT2D eigenvalue weighted by Gasteiger charge is 2.23. The lowest BCUT2D eigenvalue weighted by Crippen LogP contribution is -2.31. The number of halogens is 1. The van der Waals surface area contributed by atoms with Gasteiger partial charge >= 0.3 is 0 Å². The van der Waals surface area contributed by atoms with Crippen LogP contribution in [0.25, 0.3) is 0 Å². The quantitative estimate of drug-likeness (QED) is 0.617. The van der Waals surface area contributed by atoms with Gasteiger partial charge in [0.2, 0.25) is 5.91 Å². The highest BCUT2D eigenvalue weighted by atomic mass is 19.1. The normalized spacial score (nSPS) is 15.6. The third-order valence-electron chi connectivity index (χ3n) is 2.74. The number of anilines is 1. The molecule has 1 aliphatic rings. The van der Waals surface area contributed by atoms with Crippen LogP contribution in [0.3, 0.4) is 0 Å². The van der Waals surface area contributed by atoms with Crippen molar-refractivity contribution in [3.05, 3.63) is 29.1 Å². The largest absolute Gasteiger partial charge is 0.315 e. The number of carbonyl (C=O) groups is 1. The molecule has 2 rings (SSSR count). The van der Waals surface area contributed by atoms with Gasteiger partial charge in [-0.3, -0.25) is 4.79 Å². The van der Waals surface area contributed by atoms with E-state index in [2.05, 4.69) is 0 Å². The van der Waals surface area contributed by atoms with Crippen LogP contribution in [-0.2, 0) is 11.2 Å². The first-order chi connectivity index (χ1) is 6.61. The first kappa shape index (κ1) is 9.19. The Hall–Kier alpha value is -1.38. The fourth-order valence-electron chi connectivity index (χ4n) is 1.81. The van der Waals surface area contributed by atoms with Gasteiger partial charge in [0.25, 0.3) is 0 Å². The molecule has 14 heavy (non-hydrogen) atoms. The van der Waals surface area contributed by atoms with Crippen LogP contribution in [0.4, 0.5) is 10.1 Å². The molecule has 74 valence electrons. The summed E-state index contributed by atoms with van der Waals surface area (Å²) in [5, 5.41) is 0. The monoisotopic (exact) mass is 193 g/mol. The molecule has 0 radical (unpaired) electrons. The fourth-order valence-corrected chi connectivity index (χ4v) is 1.81. The van der Waals surface area contributed by atoms with E-state index in [0.29, 0.717) is 29.7 Å². The van der Waals surface area contributed by atoms with Crippen LogP contribution in [0.2, 0.25) is 0 Å². The van der Waals surface area contributed by atoms with Crippen molar-refractivity contribution in [1.82, 2.24) is 0 Å². The van der Waals surface area contributed by atoms with Crippen LogP contribution in [0, 0.1) is 12.7 Å². The first-order valence-corrected chi connectivity index (χ1v) is 4.66. The zero-order valence-electron chi connectivity index (χ0n) is 8.30. The molecule has 1 amide bonds. The zero-order valence-corrected chi connectivity index (χ0v) is 8.30. The molecule has 0 saturated heterocycles. The van der Waals surface area contributed by atoms with Crippen molar-refractivity contribution in [2.24, 2.45) is 0 Å². The van der Waals surface area contributed by atoms with Crippen molar-refractivity contribution in [3.8, 4) is 0 Å². The summed E-state index contributed by atoms with van der Waals surface area (Å²) in [6, 6.07) is 3.52. The van der Waals surface area contributed by atoms with Crippen LogP contribution in [0.5, 0.6) is 0 Å². The molecule has 0 fully saturated rings. The molecule has 1 aromatic rings. The van der Waals surface area contributed by atoms with E-state index in [1.54, 1.807) is 20.0 Å². The Bertz CT molecular complexity index is 401. The van der Waals surface area contributed by atoms with Gasteiger partial charge in [-0.05, 0) is 25.0 Å². The molecular weight excluding hydrogens is 181 g/mol. The molecule has 0 aliphatic carbocycles. The van der Waals surface area contributed by atoms with Crippen molar-refractivity contribution in [2.75, 3.05) is 11.9 Å².